The van der Waals surface area contributed by atoms with Crippen molar-refractivity contribution in [3.05, 3.63) is 53.3 Å². The zero-order valence-corrected chi connectivity index (χ0v) is 12.0. The van der Waals surface area contributed by atoms with Crippen molar-refractivity contribution in [1.82, 2.24) is 0 Å². The molecule has 0 amide bonds. The molecule has 4 nitrogen and oxygen atoms in total. The van der Waals surface area contributed by atoms with E-state index >= 15 is 0 Å². The summed E-state index contributed by atoms with van der Waals surface area (Å²) in [6.07, 6.45) is 0. The van der Waals surface area contributed by atoms with Gasteiger partial charge in [-0.1, -0.05) is 18.2 Å². The summed E-state index contributed by atoms with van der Waals surface area (Å²) in [6, 6.07) is 9.30. The first kappa shape index (κ1) is 14.3. The van der Waals surface area contributed by atoms with Crippen molar-refractivity contribution in [2.24, 2.45) is 0 Å². The van der Waals surface area contributed by atoms with Crippen molar-refractivity contribution in [1.29, 1.82) is 0 Å². The highest BCUT2D eigenvalue weighted by atomic mass is 32.2. The molecule has 106 valence electrons. The molecule has 0 saturated carbocycles. The maximum atomic E-state index is 13.6. The van der Waals surface area contributed by atoms with Gasteiger partial charge < -0.3 is 5.73 Å². The zero-order valence-electron chi connectivity index (χ0n) is 11.1. The number of para-hydroxylation sites is 1. The molecule has 0 aliphatic rings. The fourth-order valence-corrected chi connectivity index (χ4v) is 3.26. The summed E-state index contributed by atoms with van der Waals surface area (Å²) < 4.78 is 40.8. The van der Waals surface area contributed by atoms with Crippen molar-refractivity contribution >= 4 is 21.4 Å². The van der Waals surface area contributed by atoms with Crippen LogP contribution >= 0.6 is 0 Å². The lowest BCUT2D eigenvalue weighted by Crippen LogP contribution is -2.16. The molecule has 0 aromatic heterocycles. The molecule has 0 unspecified atom stereocenters. The average Bonchev–Trinajstić information content (AvgIpc) is 2.36. The third-order valence-electron chi connectivity index (χ3n) is 3.00. The number of aryl methyl sites for hydroxylation is 1. The van der Waals surface area contributed by atoms with Crippen LogP contribution in [0.4, 0.5) is 15.8 Å². The molecule has 2 rings (SSSR count). The van der Waals surface area contributed by atoms with Gasteiger partial charge >= 0.3 is 0 Å². The van der Waals surface area contributed by atoms with Crippen molar-refractivity contribution in [2.45, 2.75) is 18.7 Å². The molecule has 0 fully saturated rings. The third kappa shape index (κ3) is 2.75. The summed E-state index contributed by atoms with van der Waals surface area (Å²) in [7, 11) is -3.88. The number of halogens is 1. The number of hydrogen-bond acceptors (Lipinski definition) is 3. The third-order valence-corrected chi connectivity index (χ3v) is 4.49. The Hall–Kier alpha value is -2.08. The fraction of sp³-hybridized carbons (Fsp3) is 0.143. The largest absolute Gasteiger partial charge is 0.399 e. The van der Waals surface area contributed by atoms with Gasteiger partial charge in [-0.25, -0.2) is 12.8 Å². The van der Waals surface area contributed by atoms with Crippen LogP contribution in [-0.4, -0.2) is 8.42 Å². The van der Waals surface area contributed by atoms with Crippen LogP contribution in [0.2, 0.25) is 0 Å². The van der Waals surface area contributed by atoms with Gasteiger partial charge in [0.1, 0.15) is 5.82 Å². The highest BCUT2D eigenvalue weighted by Crippen LogP contribution is 2.25. The molecular weight excluding hydrogens is 279 g/mol. The number of nitrogens with two attached hydrogens (primary N) is 1. The second-order valence-electron chi connectivity index (χ2n) is 4.55. The van der Waals surface area contributed by atoms with E-state index in [9.17, 15) is 12.8 Å². The van der Waals surface area contributed by atoms with Crippen molar-refractivity contribution < 1.29 is 12.8 Å². The highest BCUT2D eigenvalue weighted by Gasteiger charge is 2.20. The van der Waals surface area contributed by atoms with E-state index in [0.29, 0.717) is 5.69 Å². The van der Waals surface area contributed by atoms with E-state index in [0.717, 1.165) is 11.6 Å². The van der Waals surface area contributed by atoms with E-state index in [1.54, 1.807) is 31.2 Å². The molecule has 0 aliphatic carbocycles. The summed E-state index contributed by atoms with van der Waals surface area (Å²) >= 11 is 0. The van der Waals surface area contributed by atoms with Crippen molar-refractivity contribution in [2.75, 3.05) is 10.5 Å². The minimum absolute atomic E-state index is 0.0419. The normalized spacial score (nSPS) is 11.3. The number of nitrogens with one attached hydrogen (secondary N) is 1. The molecule has 2 aromatic carbocycles. The van der Waals surface area contributed by atoms with Crippen LogP contribution in [0.1, 0.15) is 11.1 Å². The van der Waals surface area contributed by atoms with Crippen LogP contribution in [0.15, 0.2) is 41.3 Å². The Kier molecular flexibility index (Phi) is 3.67. The highest BCUT2D eigenvalue weighted by molar-refractivity contribution is 7.92. The van der Waals surface area contributed by atoms with Gasteiger partial charge in [0.25, 0.3) is 10.0 Å². The van der Waals surface area contributed by atoms with Crippen LogP contribution in [0.25, 0.3) is 0 Å². The summed E-state index contributed by atoms with van der Waals surface area (Å²) in [5.74, 6) is -0.643. The second-order valence-corrected chi connectivity index (χ2v) is 6.20. The predicted octanol–water partition coefficient (Wildman–Crippen LogP) is 2.83. The minimum atomic E-state index is -3.88. The predicted molar refractivity (Wildman–Crippen MR) is 77.5 cm³/mol. The molecule has 20 heavy (non-hydrogen) atoms. The molecule has 0 bridgehead atoms. The number of benzene rings is 2. The van der Waals surface area contributed by atoms with E-state index in [-0.39, 0.29) is 16.1 Å². The summed E-state index contributed by atoms with van der Waals surface area (Å²) in [6.45, 7) is 3.19. The Labute approximate surface area is 117 Å². The van der Waals surface area contributed by atoms with Gasteiger partial charge in [-0.15, -0.1) is 0 Å². The van der Waals surface area contributed by atoms with E-state index in [1.165, 1.54) is 13.0 Å². The molecule has 3 N–H and O–H groups in total. The molecule has 2 aromatic rings. The van der Waals surface area contributed by atoms with E-state index in [2.05, 4.69) is 4.72 Å². The molecular formula is C14H15FN2O2S. The molecule has 0 spiro atoms. The Morgan fingerprint density at radius 1 is 1.15 bits per heavy atom. The van der Waals surface area contributed by atoms with Gasteiger partial charge in [0.05, 0.1) is 10.6 Å². The molecule has 0 aliphatic heterocycles. The summed E-state index contributed by atoms with van der Waals surface area (Å²) in [5.41, 5.74) is 6.86. The SMILES string of the molecule is Cc1ccccc1NS(=O)(=O)c1cc(N)cc(F)c1C. The summed E-state index contributed by atoms with van der Waals surface area (Å²) in [4.78, 5) is -0.154. The van der Waals surface area contributed by atoms with E-state index in [1.807, 2.05) is 0 Å². The van der Waals surface area contributed by atoms with E-state index < -0.39 is 15.8 Å². The maximum Gasteiger partial charge on any atom is 0.262 e. The average molecular weight is 294 g/mol. The number of hydrogen-bond donors (Lipinski definition) is 2. The quantitative estimate of drug-likeness (QED) is 0.855. The molecule has 0 radical (unpaired) electrons. The van der Waals surface area contributed by atoms with Crippen molar-refractivity contribution in [3.8, 4) is 0 Å². The van der Waals surface area contributed by atoms with Crippen LogP contribution in [0.3, 0.4) is 0 Å². The zero-order chi connectivity index (χ0) is 14.9. The number of rotatable bonds is 3. The Morgan fingerprint density at radius 2 is 1.80 bits per heavy atom. The van der Waals surface area contributed by atoms with E-state index in [4.69, 9.17) is 5.73 Å². The van der Waals surface area contributed by atoms with Gasteiger partial charge in [-0.05, 0) is 37.6 Å². The first-order valence-corrected chi connectivity index (χ1v) is 7.43. The van der Waals surface area contributed by atoms with Gasteiger partial charge in [0.2, 0.25) is 0 Å². The smallest absolute Gasteiger partial charge is 0.262 e. The summed E-state index contributed by atoms with van der Waals surface area (Å²) in [5, 5.41) is 0. The maximum absolute atomic E-state index is 13.6. The molecule has 6 heteroatoms. The van der Waals surface area contributed by atoms with Gasteiger partial charge in [0, 0.05) is 11.3 Å². The Morgan fingerprint density at radius 3 is 2.45 bits per heavy atom. The topological polar surface area (TPSA) is 72.2 Å². The number of anilines is 2. The van der Waals surface area contributed by atoms with Gasteiger partial charge in [-0.3, -0.25) is 4.72 Å². The molecule has 0 saturated heterocycles. The first-order valence-electron chi connectivity index (χ1n) is 5.95. The van der Waals surface area contributed by atoms with Crippen LogP contribution < -0.4 is 10.5 Å². The standard InChI is InChI=1S/C14H15FN2O2S/c1-9-5-3-4-6-13(9)17-20(18,19)14-8-11(16)7-12(15)10(14)2/h3-8,17H,16H2,1-2H3. The lowest BCUT2D eigenvalue weighted by atomic mass is 10.2. The number of nitrogen functional groups attached to an aromatic ring is 1. The Balaban J connectivity index is 2.49. The molecule has 0 atom stereocenters. The van der Waals surface area contributed by atoms with Crippen LogP contribution in [0, 0.1) is 19.7 Å². The first-order chi connectivity index (χ1) is 9.31. The monoisotopic (exact) mass is 294 g/mol. The van der Waals surface area contributed by atoms with Gasteiger partial charge in [0.15, 0.2) is 0 Å². The Bertz CT molecular complexity index is 758. The second kappa shape index (κ2) is 5.13. The van der Waals surface area contributed by atoms with Crippen LogP contribution in [-0.2, 0) is 10.0 Å². The van der Waals surface area contributed by atoms with Crippen LogP contribution in [0.5, 0.6) is 0 Å². The molecule has 0 heterocycles. The lowest BCUT2D eigenvalue weighted by Gasteiger charge is -2.13. The minimum Gasteiger partial charge on any atom is -0.399 e. The number of sulfonamides is 1. The van der Waals surface area contributed by atoms with Crippen molar-refractivity contribution in [3.63, 3.8) is 0 Å². The lowest BCUT2D eigenvalue weighted by molar-refractivity contribution is 0.591. The van der Waals surface area contributed by atoms with Gasteiger partial charge in [-0.2, -0.15) is 0 Å². The fourth-order valence-electron chi connectivity index (χ4n) is 1.84.